The minimum atomic E-state index is -2.53. The fourth-order valence-corrected chi connectivity index (χ4v) is 6.25. The molecule has 1 N–H and O–H groups in total. The van der Waals surface area contributed by atoms with Crippen LogP contribution in [0.25, 0.3) is 22.4 Å². The van der Waals surface area contributed by atoms with Gasteiger partial charge >= 0.3 is 0 Å². The van der Waals surface area contributed by atoms with Gasteiger partial charge < -0.3 is 19.5 Å². The van der Waals surface area contributed by atoms with E-state index in [1.54, 1.807) is 11.1 Å². The molecule has 3 aromatic heterocycles. The number of hydrogen-bond donors (Lipinski definition) is 1. The normalized spacial score (nSPS) is 20.5. The Bertz CT molecular complexity index is 1320. The number of pyridine rings is 1. The first-order chi connectivity index (χ1) is 16.5. The average molecular weight is 484 g/mol. The highest BCUT2D eigenvalue weighted by molar-refractivity contribution is 7.93. The van der Waals surface area contributed by atoms with Crippen LogP contribution >= 0.6 is 0 Å². The molecule has 5 heterocycles. The molecule has 0 unspecified atom stereocenters. The van der Waals surface area contributed by atoms with Crippen molar-refractivity contribution in [2.75, 3.05) is 49.3 Å². The molecule has 11 heteroatoms. The standard InChI is InChI=1S/C23H29N7O3S/c1-3-21(31)29-9-12-34(32,13-10-29)28-19-14-20(30-8-11-33-15-16(30)2)27-23(26-19)18-5-7-25-22-17(18)4-6-24-22/h4-7,14,16H,3,8-13,15H2,1-2H3,(H,24,25)/t16-/m1/s1. The second kappa shape index (κ2) is 9.30. The molecule has 2 aliphatic rings. The molecule has 5 rings (SSSR count). The van der Waals surface area contributed by atoms with Gasteiger partial charge in [0, 0.05) is 67.0 Å². The number of hydrogen-bond acceptors (Lipinski definition) is 8. The van der Waals surface area contributed by atoms with E-state index in [-0.39, 0.29) is 11.9 Å². The van der Waals surface area contributed by atoms with E-state index in [0.29, 0.717) is 62.4 Å². The third-order valence-electron chi connectivity index (χ3n) is 6.34. The highest BCUT2D eigenvalue weighted by Crippen LogP contribution is 2.30. The summed E-state index contributed by atoms with van der Waals surface area (Å²) in [4.78, 5) is 33.1. The number of morpholine rings is 1. The molecule has 2 fully saturated rings. The first-order valence-electron chi connectivity index (χ1n) is 11.6. The maximum absolute atomic E-state index is 13.6. The Kier molecular flexibility index (Phi) is 6.22. The summed E-state index contributed by atoms with van der Waals surface area (Å²) >= 11 is 0. The van der Waals surface area contributed by atoms with Gasteiger partial charge in [-0.25, -0.2) is 19.2 Å². The summed E-state index contributed by atoms with van der Waals surface area (Å²) in [5.41, 5.74) is 1.59. The Morgan fingerprint density at radius 1 is 1.26 bits per heavy atom. The number of ether oxygens (including phenoxy) is 1. The van der Waals surface area contributed by atoms with E-state index in [1.165, 1.54) is 0 Å². The van der Waals surface area contributed by atoms with Crippen molar-refractivity contribution in [1.82, 2.24) is 24.8 Å². The Hall–Kier alpha value is -3.05. The number of carbonyl (C=O) groups excluding carboxylic acids is 1. The van der Waals surface area contributed by atoms with E-state index < -0.39 is 9.73 Å². The van der Waals surface area contributed by atoms with Crippen LogP contribution in [0.4, 0.5) is 11.6 Å². The number of aromatic nitrogens is 4. The van der Waals surface area contributed by atoms with Crippen LogP contribution < -0.4 is 4.90 Å². The van der Waals surface area contributed by atoms with Crippen LogP contribution in [-0.2, 0) is 19.3 Å². The van der Waals surface area contributed by atoms with Gasteiger partial charge in [0.05, 0.1) is 29.0 Å². The lowest BCUT2D eigenvalue weighted by atomic mass is 10.1. The van der Waals surface area contributed by atoms with Gasteiger partial charge in [0.1, 0.15) is 11.5 Å². The largest absolute Gasteiger partial charge is 0.377 e. The number of aromatic amines is 1. The number of carbonyl (C=O) groups is 1. The lowest BCUT2D eigenvalue weighted by Gasteiger charge is -2.34. The van der Waals surface area contributed by atoms with Gasteiger partial charge in [0.25, 0.3) is 0 Å². The molecule has 0 aliphatic carbocycles. The van der Waals surface area contributed by atoms with Crippen molar-refractivity contribution in [2.24, 2.45) is 4.36 Å². The van der Waals surface area contributed by atoms with E-state index >= 15 is 0 Å². The van der Waals surface area contributed by atoms with Crippen molar-refractivity contribution in [3.63, 3.8) is 0 Å². The van der Waals surface area contributed by atoms with E-state index in [1.807, 2.05) is 31.3 Å². The fourth-order valence-electron chi connectivity index (χ4n) is 4.41. The summed E-state index contributed by atoms with van der Waals surface area (Å²) in [6, 6.07) is 5.79. The zero-order chi connectivity index (χ0) is 23.7. The van der Waals surface area contributed by atoms with Crippen LogP contribution in [0.5, 0.6) is 0 Å². The first kappa shape index (κ1) is 22.7. The van der Waals surface area contributed by atoms with Crippen LogP contribution in [0.2, 0.25) is 0 Å². The van der Waals surface area contributed by atoms with E-state index in [0.717, 1.165) is 22.4 Å². The average Bonchev–Trinajstić information content (AvgIpc) is 3.33. The summed E-state index contributed by atoms with van der Waals surface area (Å²) < 4.78 is 23.9. The van der Waals surface area contributed by atoms with Crippen LogP contribution in [-0.4, -0.2) is 85.3 Å². The molecule has 3 aromatic rings. The highest BCUT2D eigenvalue weighted by Gasteiger charge is 2.25. The van der Waals surface area contributed by atoms with Crippen molar-refractivity contribution < 1.29 is 13.7 Å². The van der Waals surface area contributed by atoms with E-state index in [2.05, 4.69) is 26.2 Å². The fraction of sp³-hybridized carbons (Fsp3) is 0.478. The number of H-pyrrole nitrogens is 1. The lowest BCUT2D eigenvalue weighted by molar-refractivity contribution is -0.130. The molecule has 0 spiro atoms. The maximum atomic E-state index is 13.6. The van der Waals surface area contributed by atoms with Crippen LogP contribution in [0.3, 0.4) is 0 Å². The monoisotopic (exact) mass is 483 g/mol. The van der Waals surface area contributed by atoms with Gasteiger partial charge in [0.15, 0.2) is 11.6 Å². The van der Waals surface area contributed by atoms with Crippen LogP contribution in [0.15, 0.2) is 35.0 Å². The smallest absolute Gasteiger partial charge is 0.222 e. The third-order valence-corrected chi connectivity index (χ3v) is 8.50. The number of amides is 1. The second-order valence-corrected chi connectivity index (χ2v) is 11.2. The Morgan fingerprint density at radius 3 is 2.85 bits per heavy atom. The van der Waals surface area contributed by atoms with Gasteiger partial charge in [0.2, 0.25) is 5.91 Å². The summed E-state index contributed by atoms with van der Waals surface area (Å²) in [6.45, 7) is 6.78. The molecule has 0 bridgehead atoms. The molecule has 1 amide bonds. The number of nitrogens with zero attached hydrogens (tertiary/aromatic N) is 6. The minimum absolute atomic E-state index is 0.0857. The van der Waals surface area contributed by atoms with Gasteiger partial charge in [-0.3, -0.25) is 4.79 Å². The molecule has 0 radical (unpaired) electrons. The van der Waals surface area contributed by atoms with Gasteiger partial charge in [-0.15, -0.1) is 0 Å². The number of anilines is 1. The van der Waals surface area contributed by atoms with Gasteiger partial charge in [-0.1, -0.05) is 6.92 Å². The number of rotatable bonds is 4. The van der Waals surface area contributed by atoms with Crippen molar-refractivity contribution in [1.29, 1.82) is 0 Å². The molecular weight excluding hydrogens is 454 g/mol. The third kappa shape index (κ3) is 4.49. The van der Waals surface area contributed by atoms with Gasteiger partial charge in [-0.05, 0) is 19.1 Å². The summed E-state index contributed by atoms with van der Waals surface area (Å²) in [5, 5.41) is 0.913. The first-order valence-corrected chi connectivity index (χ1v) is 13.5. The molecule has 0 saturated carbocycles. The predicted molar refractivity (Wildman–Crippen MR) is 132 cm³/mol. The van der Waals surface area contributed by atoms with Crippen molar-refractivity contribution in [3.8, 4) is 11.4 Å². The summed E-state index contributed by atoms with van der Waals surface area (Å²) in [6.07, 6.45) is 4.01. The summed E-state index contributed by atoms with van der Waals surface area (Å²) in [5.74, 6) is 2.43. The number of fused-ring (bicyclic) bond motifs is 1. The highest BCUT2D eigenvalue weighted by atomic mass is 32.2. The Labute approximate surface area is 198 Å². The molecule has 2 aliphatic heterocycles. The topological polar surface area (TPSA) is 117 Å². The maximum Gasteiger partial charge on any atom is 0.222 e. The molecule has 0 aromatic carbocycles. The van der Waals surface area contributed by atoms with Gasteiger partial charge in [-0.2, -0.15) is 4.36 Å². The molecular formula is C23H29N7O3S. The predicted octanol–water partition coefficient (Wildman–Crippen LogP) is 2.60. The molecule has 180 valence electrons. The zero-order valence-electron chi connectivity index (χ0n) is 19.4. The van der Waals surface area contributed by atoms with Crippen LogP contribution in [0, 0.1) is 0 Å². The Morgan fingerprint density at radius 2 is 2.09 bits per heavy atom. The Balaban J connectivity index is 1.57. The molecule has 2 saturated heterocycles. The summed E-state index contributed by atoms with van der Waals surface area (Å²) in [7, 11) is -2.53. The molecule has 10 nitrogen and oxygen atoms in total. The van der Waals surface area contributed by atoms with E-state index in [9.17, 15) is 9.00 Å². The molecule has 34 heavy (non-hydrogen) atoms. The zero-order valence-corrected chi connectivity index (χ0v) is 20.3. The van der Waals surface area contributed by atoms with Crippen molar-refractivity contribution in [3.05, 3.63) is 30.6 Å². The lowest BCUT2D eigenvalue weighted by Crippen LogP contribution is -2.44. The minimum Gasteiger partial charge on any atom is -0.377 e. The van der Waals surface area contributed by atoms with E-state index in [4.69, 9.17) is 14.7 Å². The second-order valence-electron chi connectivity index (χ2n) is 8.63. The van der Waals surface area contributed by atoms with Crippen molar-refractivity contribution >= 4 is 38.3 Å². The quantitative estimate of drug-likeness (QED) is 0.606. The van der Waals surface area contributed by atoms with Crippen LogP contribution in [0.1, 0.15) is 20.3 Å². The SMILES string of the molecule is CCC(=O)N1CCS(=O)(=Nc2cc(N3CCOC[C@H]3C)nc(-c3ccnc4[nH]ccc34)n2)CC1. The van der Waals surface area contributed by atoms with Crippen molar-refractivity contribution in [2.45, 2.75) is 26.3 Å². The number of nitrogens with one attached hydrogen (secondary N) is 1. The molecule has 1 atom stereocenters.